The van der Waals surface area contributed by atoms with Crippen molar-refractivity contribution in [2.45, 2.75) is 64.0 Å². The Labute approximate surface area is 117 Å². The minimum Gasteiger partial charge on any atom is -0.352 e. The fourth-order valence-corrected chi connectivity index (χ4v) is 3.15. The summed E-state index contributed by atoms with van der Waals surface area (Å²) < 4.78 is 0. The Bertz CT molecular complexity index is 290. The molecule has 0 aromatic carbocycles. The van der Waals surface area contributed by atoms with Crippen LogP contribution in [0.4, 0.5) is 0 Å². The van der Waals surface area contributed by atoms with Crippen LogP contribution in [0.3, 0.4) is 0 Å². The Morgan fingerprint density at radius 1 is 1.11 bits per heavy atom. The highest BCUT2D eigenvalue weighted by Gasteiger charge is 2.35. The highest BCUT2D eigenvalue weighted by Crippen LogP contribution is 2.20. The minimum atomic E-state index is -0.381. The number of piperazine rings is 1. The highest BCUT2D eigenvalue weighted by molar-refractivity contribution is 5.85. The van der Waals surface area contributed by atoms with Gasteiger partial charge in [0.05, 0.1) is 5.54 Å². The molecule has 2 rings (SSSR count). The molecule has 0 atom stereocenters. The molecular weight excluding hydrogens is 238 g/mol. The predicted molar refractivity (Wildman–Crippen MR) is 78.2 cm³/mol. The fourth-order valence-electron chi connectivity index (χ4n) is 3.15. The van der Waals surface area contributed by atoms with Crippen LogP contribution >= 0.6 is 0 Å². The van der Waals surface area contributed by atoms with Gasteiger partial charge in [-0.1, -0.05) is 25.7 Å². The van der Waals surface area contributed by atoms with Gasteiger partial charge in [0.15, 0.2) is 0 Å². The molecule has 1 amide bonds. The van der Waals surface area contributed by atoms with Crippen molar-refractivity contribution in [1.82, 2.24) is 15.5 Å². The van der Waals surface area contributed by atoms with Gasteiger partial charge >= 0.3 is 0 Å². The standard InChI is InChI=1S/C15H29N3O/c1-15(2,18-11-9-16-10-12-18)14(19)17-13-7-5-3-4-6-8-13/h13,16H,3-12H2,1-2H3,(H,17,19). The SMILES string of the molecule is CC(C)(C(=O)NC1CCCCCC1)N1CCNCC1. The lowest BCUT2D eigenvalue weighted by atomic mass is 9.99. The Hall–Kier alpha value is -0.610. The third-order valence-corrected chi connectivity index (χ3v) is 4.65. The summed E-state index contributed by atoms with van der Waals surface area (Å²) in [5, 5.41) is 6.64. The summed E-state index contributed by atoms with van der Waals surface area (Å²) >= 11 is 0. The molecule has 110 valence electrons. The molecule has 2 N–H and O–H groups in total. The van der Waals surface area contributed by atoms with E-state index in [4.69, 9.17) is 0 Å². The first kappa shape index (κ1) is 14.8. The van der Waals surface area contributed by atoms with Gasteiger partial charge in [-0.2, -0.15) is 0 Å². The van der Waals surface area contributed by atoms with E-state index in [2.05, 4.69) is 29.4 Å². The van der Waals surface area contributed by atoms with Crippen molar-refractivity contribution in [3.63, 3.8) is 0 Å². The van der Waals surface area contributed by atoms with Crippen molar-refractivity contribution in [3.05, 3.63) is 0 Å². The molecule has 0 unspecified atom stereocenters. The molecule has 0 radical (unpaired) electrons. The van der Waals surface area contributed by atoms with Gasteiger partial charge < -0.3 is 10.6 Å². The summed E-state index contributed by atoms with van der Waals surface area (Å²) in [4.78, 5) is 14.9. The maximum atomic E-state index is 12.6. The van der Waals surface area contributed by atoms with E-state index >= 15 is 0 Å². The lowest BCUT2D eigenvalue weighted by molar-refractivity contribution is -0.133. The summed E-state index contributed by atoms with van der Waals surface area (Å²) in [6, 6.07) is 0.400. The Morgan fingerprint density at radius 2 is 1.68 bits per heavy atom. The van der Waals surface area contributed by atoms with Crippen LogP contribution in [-0.2, 0) is 4.79 Å². The van der Waals surface area contributed by atoms with Crippen LogP contribution in [0.5, 0.6) is 0 Å². The zero-order chi connectivity index (χ0) is 13.7. The van der Waals surface area contributed by atoms with Gasteiger partial charge in [0.1, 0.15) is 0 Å². The van der Waals surface area contributed by atoms with Gasteiger partial charge in [-0.05, 0) is 26.7 Å². The van der Waals surface area contributed by atoms with Crippen LogP contribution < -0.4 is 10.6 Å². The van der Waals surface area contributed by atoms with E-state index in [0.29, 0.717) is 6.04 Å². The second-order valence-electron chi connectivity index (χ2n) is 6.46. The number of carbonyl (C=O) groups excluding carboxylic acids is 1. The van der Waals surface area contributed by atoms with Crippen molar-refractivity contribution in [3.8, 4) is 0 Å². The first-order valence-electron chi connectivity index (χ1n) is 7.87. The van der Waals surface area contributed by atoms with Crippen molar-refractivity contribution >= 4 is 5.91 Å². The third kappa shape index (κ3) is 3.93. The number of amides is 1. The van der Waals surface area contributed by atoms with Gasteiger partial charge in [-0.25, -0.2) is 0 Å². The summed E-state index contributed by atoms with van der Waals surface area (Å²) in [5.41, 5.74) is -0.381. The topological polar surface area (TPSA) is 44.4 Å². The molecule has 1 heterocycles. The van der Waals surface area contributed by atoms with E-state index < -0.39 is 0 Å². The second-order valence-corrected chi connectivity index (χ2v) is 6.46. The Morgan fingerprint density at radius 3 is 2.26 bits per heavy atom. The highest BCUT2D eigenvalue weighted by atomic mass is 16.2. The molecule has 0 spiro atoms. The summed E-state index contributed by atoms with van der Waals surface area (Å²) in [7, 11) is 0. The van der Waals surface area contributed by atoms with Crippen LogP contribution in [0.2, 0.25) is 0 Å². The van der Waals surface area contributed by atoms with E-state index in [0.717, 1.165) is 39.0 Å². The number of hydrogen-bond donors (Lipinski definition) is 2. The normalized spacial score (nSPS) is 23.9. The number of nitrogens with one attached hydrogen (secondary N) is 2. The average molecular weight is 267 g/mol. The van der Waals surface area contributed by atoms with Gasteiger partial charge in [0, 0.05) is 32.2 Å². The quantitative estimate of drug-likeness (QED) is 0.762. The molecule has 1 saturated carbocycles. The average Bonchev–Trinajstić information content (AvgIpc) is 2.68. The van der Waals surface area contributed by atoms with E-state index in [1.54, 1.807) is 0 Å². The van der Waals surface area contributed by atoms with Crippen LogP contribution in [0, 0.1) is 0 Å². The molecule has 0 bridgehead atoms. The molecule has 2 fully saturated rings. The van der Waals surface area contributed by atoms with Crippen LogP contribution in [-0.4, -0.2) is 48.6 Å². The van der Waals surface area contributed by atoms with Crippen LogP contribution in [0.25, 0.3) is 0 Å². The number of hydrogen-bond acceptors (Lipinski definition) is 3. The predicted octanol–water partition coefficient (Wildman–Crippen LogP) is 1.51. The van der Waals surface area contributed by atoms with Gasteiger partial charge in [0.2, 0.25) is 5.91 Å². The van der Waals surface area contributed by atoms with E-state index in [1.165, 1.54) is 25.7 Å². The maximum Gasteiger partial charge on any atom is 0.240 e. The molecule has 4 nitrogen and oxygen atoms in total. The maximum absolute atomic E-state index is 12.6. The Balaban J connectivity index is 1.89. The number of nitrogens with zero attached hydrogens (tertiary/aromatic N) is 1. The molecular formula is C15H29N3O. The number of carbonyl (C=O) groups is 1. The summed E-state index contributed by atoms with van der Waals surface area (Å²) in [6.07, 6.45) is 7.49. The summed E-state index contributed by atoms with van der Waals surface area (Å²) in [5.74, 6) is 0.210. The van der Waals surface area contributed by atoms with E-state index in [1.807, 2.05) is 0 Å². The van der Waals surface area contributed by atoms with Gasteiger partial charge in [0.25, 0.3) is 0 Å². The molecule has 4 heteroatoms. The van der Waals surface area contributed by atoms with Gasteiger partial charge in [-0.15, -0.1) is 0 Å². The molecule has 0 aromatic rings. The lowest BCUT2D eigenvalue weighted by Crippen LogP contribution is -2.61. The van der Waals surface area contributed by atoms with Crippen molar-refractivity contribution in [2.24, 2.45) is 0 Å². The molecule has 1 aliphatic carbocycles. The van der Waals surface area contributed by atoms with Crippen molar-refractivity contribution in [1.29, 1.82) is 0 Å². The molecule has 19 heavy (non-hydrogen) atoms. The third-order valence-electron chi connectivity index (χ3n) is 4.65. The molecule has 1 saturated heterocycles. The van der Waals surface area contributed by atoms with Crippen molar-refractivity contribution < 1.29 is 4.79 Å². The lowest BCUT2D eigenvalue weighted by Gasteiger charge is -2.40. The smallest absolute Gasteiger partial charge is 0.240 e. The fraction of sp³-hybridized carbons (Fsp3) is 0.933. The zero-order valence-electron chi connectivity index (χ0n) is 12.5. The van der Waals surface area contributed by atoms with E-state index in [-0.39, 0.29) is 11.4 Å². The second kappa shape index (κ2) is 6.71. The largest absolute Gasteiger partial charge is 0.352 e. The minimum absolute atomic E-state index is 0.210. The Kier molecular flexibility index (Phi) is 5.22. The van der Waals surface area contributed by atoms with E-state index in [9.17, 15) is 4.79 Å². The first-order valence-corrected chi connectivity index (χ1v) is 7.87. The molecule has 1 aliphatic heterocycles. The summed E-state index contributed by atoms with van der Waals surface area (Å²) in [6.45, 7) is 8.02. The molecule has 0 aromatic heterocycles. The first-order chi connectivity index (χ1) is 9.10. The monoisotopic (exact) mass is 267 g/mol. The van der Waals surface area contributed by atoms with Gasteiger partial charge in [-0.3, -0.25) is 9.69 Å². The zero-order valence-corrected chi connectivity index (χ0v) is 12.5. The van der Waals surface area contributed by atoms with Crippen LogP contribution in [0.15, 0.2) is 0 Å². The van der Waals surface area contributed by atoms with Crippen molar-refractivity contribution in [2.75, 3.05) is 26.2 Å². The van der Waals surface area contributed by atoms with Crippen LogP contribution in [0.1, 0.15) is 52.4 Å². The number of rotatable bonds is 3. The molecule has 2 aliphatic rings.